The van der Waals surface area contributed by atoms with Gasteiger partial charge in [0.05, 0.1) is 4.92 Å². The molecule has 1 aromatic carbocycles. The van der Waals surface area contributed by atoms with E-state index in [2.05, 4.69) is 4.90 Å². The van der Waals surface area contributed by atoms with E-state index >= 15 is 0 Å². The fraction of sp³-hybridized carbons (Fsp3) is 0.455. The summed E-state index contributed by atoms with van der Waals surface area (Å²) in [6, 6.07) is 4.06. The van der Waals surface area contributed by atoms with E-state index in [0.717, 1.165) is 32.2 Å². The van der Waals surface area contributed by atoms with Crippen molar-refractivity contribution < 1.29 is 9.31 Å². The van der Waals surface area contributed by atoms with Crippen LogP contribution in [0.15, 0.2) is 18.2 Å². The highest BCUT2D eigenvalue weighted by Gasteiger charge is 2.19. The van der Waals surface area contributed by atoms with Crippen molar-refractivity contribution >= 4 is 11.4 Å². The number of halogens is 1. The summed E-state index contributed by atoms with van der Waals surface area (Å²) in [5, 5.41) is 10.6. The van der Waals surface area contributed by atoms with Crippen LogP contribution < -0.4 is 4.90 Å². The lowest BCUT2D eigenvalue weighted by Crippen LogP contribution is -2.44. The Morgan fingerprint density at radius 1 is 1.29 bits per heavy atom. The van der Waals surface area contributed by atoms with Crippen molar-refractivity contribution in [2.24, 2.45) is 0 Å². The highest BCUT2D eigenvalue weighted by Crippen LogP contribution is 2.25. The normalized spacial score (nSPS) is 17.2. The second-order valence-electron chi connectivity index (χ2n) is 4.18. The topological polar surface area (TPSA) is 49.6 Å². The van der Waals surface area contributed by atoms with Crippen LogP contribution in [0.4, 0.5) is 15.8 Å². The molecule has 2 rings (SSSR count). The Balaban J connectivity index is 2.21. The second-order valence-corrected chi connectivity index (χ2v) is 4.18. The number of likely N-dealkylation sites (N-methyl/N-ethyl adjacent to an activating group) is 1. The van der Waals surface area contributed by atoms with Gasteiger partial charge in [-0.25, -0.2) is 0 Å². The Hall–Kier alpha value is -1.69. The summed E-state index contributed by atoms with van der Waals surface area (Å²) in [5.74, 6) is -0.784. The van der Waals surface area contributed by atoms with Gasteiger partial charge >= 0.3 is 5.69 Å². The van der Waals surface area contributed by atoms with Crippen LogP contribution in [-0.2, 0) is 0 Å². The monoisotopic (exact) mass is 239 g/mol. The fourth-order valence-electron chi connectivity index (χ4n) is 1.90. The van der Waals surface area contributed by atoms with E-state index in [1.165, 1.54) is 6.07 Å². The molecule has 1 aliphatic rings. The molecule has 0 aromatic heterocycles. The molecule has 0 saturated carbocycles. The van der Waals surface area contributed by atoms with Gasteiger partial charge in [-0.3, -0.25) is 10.1 Å². The molecular formula is C11H14FN3O2. The Morgan fingerprint density at radius 3 is 2.53 bits per heavy atom. The fourth-order valence-corrected chi connectivity index (χ4v) is 1.90. The van der Waals surface area contributed by atoms with E-state index in [4.69, 9.17) is 0 Å². The van der Waals surface area contributed by atoms with Crippen LogP contribution in [0.25, 0.3) is 0 Å². The minimum Gasteiger partial charge on any atom is -0.369 e. The first-order valence-corrected chi connectivity index (χ1v) is 5.45. The second kappa shape index (κ2) is 4.67. The van der Waals surface area contributed by atoms with Crippen LogP contribution >= 0.6 is 0 Å². The van der Waals surface area contributed by atoms with Gasteiger partial charge in [0, 0.05) is 37.9 Å². The van der Waals surface area contributed by atoms with Gasteiger partial charge in [-0.15, -0.1) is 0 Å². The average Bonchev–Trinajstić information content (AvgIpc) is 2.30. The van der Waals surface area contributed by atoms with E-state index in [9.17, 15) is 14.5 Å². The van der Waals surface area contributed by atoms with Gasteiger partial charge in [-0.05, 0) is 19.2 Å². The minimum atomic E-state index is -0.784. The summed E-state index contributed by atoms with van der Waals surface area (Å²) >= 11 is 0. The number of nitro benzene ring substituents is 1. The summed E-state index contributed by atoms with van der Waals surface area (Å²) < 4.78 is 13.2. The molecule has 1 heterocycles. The molecule has 0 spiro atoms. The number of anilines is 1. The van der Waals surface area contributed by atoms with E-state index in [1.54, 1.807) is 6.07 Å². The number of nitrogens with zero attached hydrogens (tertiary/aromatic N) is 3. The number of benzene rings is 1. The van der Waals surface area contributed by atoms with Gasteiger partial charge in [-0.2, -0.15) is 4.39 Å². The lowest BCUT2D eigenvalue weighted by Gasteiger charge is -2.33. The van der Waals surface area contributed by atoms with Crippen LogP contribution in [0, 0.1) is 15.9 Å². The molecule has 1 saturated heterocycles. The predicted octanol–water partition coefficient (Wildman–Crippen LogP) is 1.49. The lowest BCUT2D eigenvalue weighted by atomic mass is 10.2. The van der Waals surface area contributed by atoms with E-state index in [1.807, 2.05) is 11.9 Å². The molecule has 0 aliphatic carbocycles. The maximum Gasteiger partial charge on any atom is 0.306 e. The highest BCUT2D eigenvalue weighted by molar-refractivity contribution is 5.54. The number of rotatable bonds is 2. The third kappa shape index (κ3) is 2.52. The summed E-state index contributed by atoms with van der Waals surface area (Å²) in [7, 11) is 2.03. The van der Waals surface area contributed by atoms with Crippen LogP contribution in [0.2, 0.25) is 0 Å². The summed E-state index contributed by atoms with van der Waals surface area (Å²) in [5.41, 5.74) is 0.257. The molecule has 17 heavy (non-hydrogen) atoms. The minimum absolute atomic E-state index is 0.457. The summed E-state index contributed by atoms with van der Waals surface area (Å²) in [6.07, 6.45) is 0. The zero-order valence-electron chi connectivity index (χ0n) is 9.60. The zero-order valence-corrected chi connectivity index (χ0v) is 9.60. The third-order valence-corrected chi connectivity index (χ3v) is 2.99. The van der Waals surface area contributed by atoms with Gasteiger partial charge in [0.25, 0.3) is 0 Å². The lowest BCUT2D eigenvalue weighted by molar-refractivity contribution is -0.387. The van der Waals surface area contributed by atoms with Crippen molar-refractivity contribution in [2.45, 2.75) is 0 Å². The molecule has 5 nitrogen and oxygen atoms in total. The molecule has 0 N–H and O–H groups in total. The highest BCUT2D eigenvalue weighted by atomic mass is 19.1. The predicted molar refractivity (Wildman–Crippen MR) is 62.8 cm³/mol. The van der Waals surface area contributed by atoms with Crippen LogP contribution in [0.5, 0.6) is 0 Å². The van der Waals surface area contributed by atoms with Crippen LogP contribution in [0.3, 0.4) is 0 Å². The quantitative estimate of drug-likeness (QED) is 0.579. The van der Waals surface area contributed by atoms with Crippen molar-refractivity contribution in [2.75, 3.05) is 38.1 Å². The molecule has 0 bridgehead atoms. The van der Waals surface area contributed by atoms with Crippen LogP contribution in [0.1, 0.15) is 0 Å². The SMILES string of the molecule is CN1CCN(c2ccc(F)c([N+](=O)[O-])c2)CC1. The largest absolute Gasteiger partial charge is 0.369 e. The molecule has 0 radical (unpaired) electrons. The van der Waals surface area contributed by atoms with Crippen molar-refractivity contribution in [1.82, 2.24) is 4.90 Å². The van der Waals surface area contributed by atoms with Crippen molar-refractivity contribution in [3.05, 3.63) is 34.1 Å². The summed E-state index contributed by atoms with van der Waals surface area (Å²) in [6.45, 7) is 3.43. The first-order chi connectivity index (χ1) is 8.08. The maximum absolute atomic E-state index is 13.2. The Labute approximate surface area is 98.6 Å². The number of nitro groups is 1. The third-order valence-electron chi connectivity index (χ3n) is 2.99. The average molecular weight is 239 g/mol. The Morgan fingerprint density at radius 2 is 1.94 bits per heavy atom. The molecule has 0 atom stereocenters. The van der Waals surface area contributed by atoms with Gasteiger partial charge < -0.3 is 9.80 Å². The number of hydrogen-bond donors (Lipinski definition) is 0. The maximum atomic E-state index is 13.2. The molecule has 0 unspecified atom stereocenters. The summed E-state index contributed by atoms with van der Waals surface area (Å²) in [4.78, 5) is 14.2. The van der Waals surface area contributed by atoms with E-state index in [-0.39, 0.29) is 0 Å². The van der Waals surface area contributed by atoms with E-state index in [0.29, 0.717) is 5.69 Å². The molecule has 1 aromatic rings. The molecule has 1 fully saturated rings. The van der Waals surface area contributed by atoms with Crippen molar-refractivity contribution in [1.29, 1.82) is 0 Å². The smallest absolute Gasteiger partial charge is 0.306 e. The van der Waals surface area contributed by atoms with Gasteiger partial charge in [0.15, 0.2) is 0 Å². The molecule has 92 valence electrons. The molecule has 1 aliphatic heterocycles. The molecule has 0 amide bonds. The Bertz CT molecular complexity index is 431. The van der Waals surface area contributed by atoms with Crippen LogP contribution in [-0.4, -0.2) is 43.0 Å². The van der Waals surface area contributed by atoms with Gasteiger partial charge in [-0.1, -0.05) is 0 Å². The van der Waals surface area contributed by atoms with Gasteiger partial charge in [0.2, 0.25) is 5.82 Å². The van der Waals surface area contributed by atoms with Crippen molar-refractivity contribution in [3.63, 3.8) is 0 Å². The first-order valence-electron chi connectivity index (χ1n) is 5.45. The first kappa shape index (κ1) is 11.8. The van der Waals surface area contributed by atoms with E-state index < -0.39 is 16.4 Å². The molecule has 6 heteroatoms. The number of piperazine rings is 1. The number of hydrogen-bond acceptors (Lipinski definition) is 4. The Kier molecular flexibility index (Phi) is 3.23. The standard InChI is InChI=1S/C11H14FN3O2/c1-13-4-6-14(7-5-13)9-2-3-10(12)11(8-9)15(16)17/h2-3,8H,4-7H2,1H3. The zero-order chi connectivity index (χ0) is 12.4. The van der Waals surface area contributed by atoms with Crippen molar-refractivity contribution in [3.8, 4) is 0 Å². The molecular weight excluding hydrogens is 225 g/mol. The van der Waals surface area contributed by atoms with Gasteiger partial charge in [0.1, 0.15) is 0 Å².